The van der Waals surface area contributed by atoms with E-state index in [0.29, 0.717) is 18.0 Å². The molecular formula is C18H15N3O2. The van der Waals surface area contributed by atoms with Crippen molar-refractivity contribution in [3.63, 3.8) is 0 Å². The molecule has 0 bridgehead atoms. The van der Waals surface area contributed by atoms with Crippen LogP contribution < -0.4 is 5.56 Å². The normalized spacial score (nSPS) is 17.0. The minimum Gasteiger partial charge on any atom is -0.294 e. The number of aromatic amines is 1. The smallest absolute Gasteiger partial charge is 0.271 e. The summed E-state index contributed by atoms with van der Waals surface area (Å²) in [6, 6.07) is 9.30. The maximum Gasteiger partial charge on any atom is 0.271 e. The van der Waals surface area contributed by atoms with E-state index in [1.165, 1.54) is 4.52 Å². The van der Waals surface area contributed by atoms with Crippen molar-refractivity contribution in [2.24, 2.45) is 0 Å². The van der Waals surface area contributed by atoms with Gasteiger partial charge in [0.2, 0.25) is 0 Å². The van der Waals surface area contributed by atoms with Gasteiger partial charge < -0.3 is 0 Å². The second-order valence-electron chi connectivity index (χ2n) is 6.42. The van der Waals surface area contributed by atoms with E-state index in [2.05, 4.69) is 16.1 Å². The number of Topliss-reactive ketones (excluding diaryl/α,β-unsaturated/α-hetero) is 1. The number of fused-ring (bicyclic) bond motifs is 2. The minimum atomic E-state index is -0.0977. The topological polar surface area (TPSA) is 67.2 Å². The first-order valence-electron chi connectivity index (χ1n) is 7.99. The number of rotatable bonds is 2. The van der Waals surface area contributed by atoms with Gasteiger partial charge in [-0.25, -0.2) is 4.98 Å². The highest BCUT2D eigenvalue weighted by Crippen LogP contribution is 2.38. The average molecular weight is 305 g/mol. The monoisotopic (exact) mass is 305 g/mol. The van der Waals surface area contributed by atoms with Crippen LogP contribution in [-0.2, 0) is 6.42 Å². The summed E-state index contributed by atoms with van der Waals surface area (Å²) < 4.78 is 1.53. The quantitative estimate of drug-likeness (QED) is 0.791. The first-order chi connectivity index (χ1) is 11.2. The highest BCUT2D eigenvalue weighted by molar-refractivity contribution is 6.01. The number of benzene rings is 1. The Bertz CT molecular complexity index is 1020. The Morgan fingerprint density at radius 1 is 1.04 bits per heavy atom. The van der Waals surface area contributed by atoms with E-state index in [-0.39, 0.29) is 11.3 Å². The van der Waals surface area contributed by atoms with Crippen LogP contribution in [0.2, 0.25) is 0 Å². The van der Waals surface area contributed by atoms with Gasteiger partial charge in [-0.15, -0.1) is 0 Å². The summed E-state index contributed by atoms with van der Waals surface area (Å²) in [6.07, 6.45) is 3.65. The average Bonchev–Trinajstić information content (AvgIpc) is 3.21. The predicted octanol–water partition coefficient (Wildman–Crippen LogP) is 2.70. The summed E-state index contributed by atoms with van der Waals surface area (Å²) in [5, 5.41) is 3.13. The fraction of sp³-hybridized carbons (Fsp3) is 0.278. The maximum absolute atomic E-state index is 12.1. The lowest BCUT2D eigenvalue weighted by Gasteiger charge is -2.05. The Hall–Kier alpha value is -2.69. The number of aromatic nitrogens is 3. The number of H-pyrrole nitrogens is 1. The van der Waals surface area contributed by atoms with Crippen molar-refractivity contribution in [2.75, 3.05) is 0 Å². The zero-order valence-electron chi connectivity index (χ0n) is 12.5. The first kappa shape index (κ1) is 12.8. The third kappa shape index (κ3) is 1.89. The van der Waals surface area contributed by atoms with E-state index >= 15 is 0 Å². The van der Waals surface area contributed by atoms with Gasteiger partial charge in [0.05, 0.1) is 0 Å². The minimum absolute atomic E-state index is 0.0977. The number of carbonyl (C=O) groups is 1. The summed E-state index contributed by atoms with van der Waals surface area (Å²) >= 11 is 0. The van der Waals surface area contributed by atoms with Crippen LogP contribution in [0.3, 0.4) is 0 Å². The fourth-order valence-electron chi connectivity index (χ4n) is 3.39. The number of hydrogen-bond acceptors (Lipinski definition) is 3. The molecule has 5 rings (SSSR count). The summed E-state index contributed by atoms with van der Waals surface area (Å²) in [7, 11) is 0. The molecule has 0 saturated heterocycles. The zero-order valence-corrected chi connectivity index (χ0v) is 12.5. The van der Waals surface area contributed by atoms with Crippen molar-refractivity contribution in [1.29, 1.82) is 0 Å². The summed E-state index contributed by atoms with van der Waals surface area (Å²) in [6.45, 7) is 0. The molecule has 23 heavy (non-hydrogen) atoms. The maximum atomic E-state index is 12.1. The molecule has 3 aromatic rings. The van der Waals surface area contributed by atoms with Crippen LogP contribution in [0.4, 0.5) is 0 Å². The molecule has 2 heterocycles. The second-order valence-corrected chi connectivity index (χ2v) is 6.42. The highest BCUT2D eigenvalue weighted by Gasteiger charge is 2.28. The van der Waals surface area contributed by atoms with Crippen molar-refractivity contribution in [2.45, 2.75) is 31.6 Å². The van der Waals surface area contributed by atoms with Crippen molar-refractivity contribution in [3.05, 3.63) is 57.6 Å². The van der Waals surface area contributed by atoms with E-state index in [1.54, 1.807) is 6.07 Å². The van der Waals surface area contributed by atoms with Crippen LogP contribution in [0.5, 0.6) is 0 Å². The second kappa shape index (κ2) is 4.41. The van der Waals surface area contributed by atoms with Crippen LogP contribution in [0.15, 0.2) is 35.1 Å². The molecule has 0 unspecified atom stereocenters. The molecule has 2 aromatic heterocycles. The van der Waals surface area contributed by atoms with Crippen LogP contribution in [0, 0.1) is 0 Å². The number of carbonyl (C=O) groups excluding carboxylic acids is 1. The van der Waals surface area contributed by atoms with Crippen LogP contribution >= 0.6 is 0 Å². The number of nitrogens with zero attached hydrogens (tertiary/aromatic N) is 2. The van der Waals surface area contributed by atoms with E-state index in [1.807, 2.05) is 18.2 Å². The number of hydrogen-bond donors (Lipinski definition) is 1. The Balaban J connectivity index is 1.72. The Morgan fingerprint density at radius 2 is 1.87 bits per heavy atom. The SMILES string of the molecule is O=C1CCc2cc(-c3ccc(=O)n4[nH]c(C5CC5)nc34)ccc21. The summed E-state index contributed by atoms with van der Waals surface area (Å²) in [5.74, 6) is 1.57. The van der Waals surface area contributed by atoms with Gasteiger partial charge in [-0.2, -0.15) is 4.52 Å². The molecule has 0 radical (unpaired) electrons. The number of ketones is 1. The molecule has 1 aromatic carbocycles. The third-order valence-electron chi connectivity index (χ3n) is 4.82. The standard InChI is InChI=1S/C18H15N3O2/c22-15-7-4-11-9-12(3-5-13(11)15)14-6-8-16(23)21-18(14)19-17(20-21)10-1-2-10/h3,5-6,8-10H,1-2,4,7H2,(H,19,20). The number of nitrogens with one attached hydrogen (secondary N) is 1. The third-order valence-corrected chi connectivity index (χ3v) is 4.82. The van der Waals surface area contributed by atoms with Crippen LogP contribution in [-0.4, -0.2) is 20.4 Å². The van der Waals surface area contributed by atoms with Gasteiger partial charge in [0, 0.05) is 29.5 Å². The molecule has 0 atom stereocenters. The molecule has 0 aliphatic heterocycles. The first-order valence-corrected chi connectivity index (χ1v) is 7.99. The largest absolute Gasteiger partial charge is 0.294 e. The molecule has 1 N–H and O–H groups in total. The van der Waals surface area contributed by atoms with Crippen molar-refractivity contribution < 1.29 is 4.79 Å². The van der Waals surface area contributed by atoms with Crippen molar-refractivity contribution in [1.82, 2.24) is 14.6 Å². The van der Waals surface area contributed by atoms with E-state index in [0.717, 1.165) is 47.3 Å². The molecule has 114 valence electrons. The molecule has 1 saturated carbocycles. The molecule has 5 nitrogen and oxygen atoms in total. The van der Waals surface area contributed by atoms with Crippen LogP contribution in [0.1, 0.15) is 46.9 Å². The molecule has 5 heteroatoms. The zero-order chi connectivity index (χ0) is 15.6. The lowest BCUT2D eigenvalue weighted by atomic mass is 10.0. The van der Waals surface area contributed by atoms with Crippen molar-refractivity contribution in [3.8, 4) is 11.1 Å². The lowest BCUT2D eigenvalue weighted by molar-refractivity contribution is 0.0994. The van der Waals surface area contributed by atoms with Crippen LogP contribution in [0.25, 0.3) is 16.8 Å². The van der Waals surface area contributed by atoms with Gasteiger partial charge in [0.1, 0.15) is 5.82 Å². The van der Waals surface area contributed by atoms with Crippen molar-refractivity contribution >= 4 is 11.4 Å². The van der Waals surface area contributed by atoms with Gasteiger partial charge in [0.25, 0.3) is 5.56 Å². The van der Waals surface area contributed by atoms with Gasteiger partial charge in [-0.3, -0.25) is 14.7 Å². The Morgan fingerprint density at radius 3 is 2.70 bits per heavy atom. The molecular weight excluding hydrogens is 290 g/mol. The number of aryl methyl sites for hydroxylation is 1. The van der Waals surface area contributed by atoms with E-state index in [9.17, 15) is 9.59 Å². The van der Waals surface area contributed by atoms with Gasteiger partial charge in [-0.1, -0.05) is 18.2 Å². The van der Waals surface area contributed by atoms with E-state index in [4.69, 9.17) is 0 Å². The fourth-order valence-corrected chi connectivity index (χ4v) is 3.39. The summed E-state index contributed by atoms with van der Waals surface area (Å²) in [4.78, 5) is 28.5. The highest BCUT2D eigenvalue weighted by atomic mass is 16.1. The predicted molar refractivity (Wildman–Crippen MR) is 85.9 cm³/mol. The molecule has 2 aliphatic carbocycles. The summed E-state index contributed by atoms with van der Waals surface area (Å²) in [5.41, 5.74) is 4.43. The molecule has 1 fully saturated rings. The number of pyridine rings is 1. The van der Waals surface area contributed by atoms with Gasteiger partial charge in [0.15, 0.2) is 11.4 Å². The molecule has 0 spiro atoms. The Labute approximate surface area is 132 Å². The van der Waals surface area contributed by atoms with E-state index < -0.39 is 0 Å². The molecule has 0 amide bonds. The lowest BCUT2D eigenvalue weighted by Crippen LogP contribution is -2.12. The van der Waals surface area contributed by atoms with Gasteiger partial charge >= 0.3 is 0 Å². The van der Waals surface area contributed by atoms with Gasteiger partial charge in [-0.05, 0) is 36.5 Å². The Kier molecular flexibility index (Phi) is 2.46. The molecule has 2 aliphatic rings.